The molecule has 0 aliphatic carbocycles. The maximum atomic E-state index is 11.8. The molecule has 0 saturated carbocycles. The van der Waals surface area contributed by atoms with Crippen molar-refractivity contribution in [3.8, 4) is 17.0 Å². The molecule has 0 fully saturated rings. The van der Waals surface area contributed by atoms with Gasteiger partial charge in [0, 0.05) is 16.3 Å². The number of rotatable bonds is 5. The molecule has 0 amide bonds. The lowest BCUT2D eigenvalue weighted by Gasteiger charge is -2.06. The highest BCUT2D eigenvalue weighted by atomic mass is 32.2. The molecule has 6 heteroatoms. The van der Waals surface area contributed by atoms with Crippen LogP contribution in [0.2, 0.25) is 0 Å². The second-order valence-corrected chi connectivity index (χ2v) is 7.09. The smallest absolute Gasteiger partial charge is 0.356 e. The topological polar surface area (TPSA) is 64.2 Å². The minimum atomic E-state index is -0.450. The highest BCUT2D eigenvalue weighted by Gasteiger charge is 2.17. The van der Waals surface area contributed by atoms with Crippen molar-refractivity contribution in [1.82, 2.24) is 9.97 Å². The molecular formula is C22H18N2O3S. The van der Waals surface area contributed by atoms with Gasteiger partial charge in [-0.3, -0.25) is 0 Å². The van der Waals surface area contributed by atoms with E-state index >= 15 is 0 Å². The minimum absolute atomic E-state index is 0.287. The first kappa shape index (κ1) is 18.1. The maximum absolute atomic E-state index is 11.8. The number of carbonyl (C=O) groups is 1. The number of benzene rings is 2. The van der Waals surface area contributed by atoms with E-state index < -0.39 is 5.97 Å². The molecule has 5 nitrogen and oxygen atoms in total. The van der Waals surface area contributed by atoms with Crippen LogP contribution >= 0.6 is 11.8 Å². The van der Waals surface area contributed by atoms with Gasteiger partial charge in [-0.25, -0.2) is 9.78 Å². The highest BCUT2D eigenvalue weighted by molar-refractivity contribution is 7.99. The lowest BCUT2D eigenvalue weighted by Crippen LogP contribution is -2.04. The summed E-state index contributed by atoms with van der Waals surface area (Å²) in [4.78, 5) is 20.8. The first-order valence-electron chi connectivity index (χ1n) is 8.68. The number of aromatic nitrogens is 2. The van der Waals surface area contributed by atoms with E-state index in [1.165, 1.54) is 18.9 Å². The highest BCUT2D eigenvalue weighted by Crippen LogP contribution is 2.41. The summed E-state index contributed by atoms with van der Waals surface area (Å²) >= 11 is 1.51. The van der Waals surface area contributed by atoms with Crippen molar-refractivity contribution in [3.63, 3.8) is 0 Å². The molecule has 0 aliphatic rings. The van der Waals surface area contributed by atoms with Gasteiger partial charge in [0.15, 0.2) is 0 Å². The fourth-order valence-electron chi connectivity index (χ4n) is 2.99. The number of nitrogens with one attached hydrogen (secondary N) is 1. The van der Waals surface area contributed by atoms with Crippen molar-refractivity contribution in [3.05, 3.63) is 72.4 Å². The third kappa shape index (κ3) is 3.46. The number of fused-ring (bicyclic) bond motifs is 1. The number of nitrogens with zero attached hydrogens (tertiary/aromatic N) is 1. The number of pyridine rings is 1. The van der Waals surface area contributed by atoms with E-state index in [0.717, 1.165) is 37.8 Å². The Bertz CT molecular complexity index is 1140. The molecule has 0 bridgehead atoms. The van der Waals surface area contributed by atoms with Crippen LogP contribution in [0.5, 0.6) is 5.75 Å². The lowest BCUT2D eigenvalue weighted by atomic mass is 10.1. The van der Waals surface area contributed by atoms with Crippen LogP contribution in [0, 0.1) is 0 Å². The van der Waals surface area contributed by atoms with E-state index in [4.69, 9.17) is 9.47 Å². The Morgan fingerprint density at radius 2 is 1.82 bits per heavy atom. The standard InChI is InChI=1S/C22H18N2O3S/c1-26-15-11-12-16-18(13-15)24-20(14-7-4-3-5-8-14)21(16)28-19-10-6-9-17(23-19)22(25)27-2/h3-13,24H,1-2H3. The zero-order valence-corrected chi connectivity index (χ0v) is 16.2. The van der Waals surface area contributed by atoms with E-state index in [1.807, 2.05) is 48.5 Å². The number of aromatic amines is 1. The van der Waals surface area contributed by atoms with Crippen LogP contribution in [0.4, 0.5) is 0 Å². The van der Waals surface area contributed by atoms with E-state index in [-0.39, 0.29) is 5.69 Å². The summed E-state index contributed by atoms with van der Waals surface area (Å²) in [6.07, 6.45) is 0. The van der Waals surface area contributed by atoms with Gasteiger partial charge < -0.3 is 14.5 Å². The molecular weight excluding hydrogens is 372 g/mol. The summed E-state index contributed by atoms with van der Waals surface area (Å²) in [6, 6.07) is 21.4. The summed E-state index contributed by atoms with van der Waals surface area (Å²) in [5.41, 5.74) is 3.34. The zero-order valence-electron chi connectivity index (χ0n) is 15.4. The Morgan fingerprint density at radius 1 is 1.00 bits per heavy atom. The average molecular weight is 390 g/mol. The van der Waals surface area contributed by atoms with E-state index in [0.29, 0.717) is 0 Å². The molecule has 2 aromatic carbocycles. The van der Waals surface area contributed by atoms with Gasteiger partial charge in [0.2, 0.25) is 0 Å². The van der Waals surface area contributed by atoms with Crippen molar-refractivity contribution in [1.29, 1.82) is 0 Å². The van der Waals surface area contributed by atoms with Crippen LogP contribution in [-0.2, 0) is 4.74 Å². The largest absolute Gasteiger partial charge is 0.497 e. The van der Waals surface area contributed by atoms with E-state index in [1.54, 1.807) is 13.2 Å². The molecule has 0 spiro atoms. The first-order valence-corrected chi connectivity index (χ1v) is 9.49. The number of hydrogen-bond acceptors (Lipinski definition) is 5. The molecule has 4 rings (SSSR count). The zero-order chi connectivity index (χ0) is 19.5. The molecule has 0 atom stereocenters. The summed E-state index contributed by atoms with van der Waals surface area (Å²) in [6.45, 7) is 0. The molecule has 1 N–H and O–H groups in total. The maximum Gasteiger partial charge on any atom is 0.356 e. The van der Waals surface area contributed by atoms with Gasteiger partial charge in [-0.15, -0.1) is 0 Å². The predicted octanol–water partition coefficient (Wildman–Crippen LogP) is 5.18. The third-order valence-electron chi connectivity index (χ3n) is 4.35. The van der Waals surface area contributed by atoms with Crippen LogP contribution in [0.15, 0.2) is 76.7 Å². The fourth-order valence-corrected chi connectivity index (χ4v) is 4.05. The van der Waals surface area contributed by atoms with Crippen molar-refractivity contribution in [2.24, 2.45) is 0 Å². The molecule has 140 valence electrons. The molecule has 0 radical (unpaired) electrons. The average Bonchev–Trinajstić information content (AvgIpc) is 3.11. The molecule has 2 heterocycles. The van der Waals surface area contributed by atoms with Crippen LogP contribution < -0.4 is 4.74 Å². The fraction of sp³-hybridized carbons (Fsp3) is 0.0909. The van der Waals surface area contributed by atoms with Gasteiger partial charge in [-0.1, -0.05) is 48.2 Å². The molecule has 0 saturated heterocycles. The van der Waals surface area contributed by atoms with Crippen LogP contribution in [0.1, 0.15) is 10.5 Å². The second-order valence-electron chi connectivity index (χ2n) is 6.06. The Balaban J connectivity index is 1.84. The van der Waals surface area contributed by atoms with Crippen molar-refractivity contribution in [2.45, 2.75) is 9.92 Å². The van der Waals surface area contributed by atoms with Crippen LogP contribution in [-0.4, -0.2) is 30.2 Å². The number of esters is 1. The van der Waals surface area contributed by atoms with Gasteiger partial charge in [-0.2, -0.15) is 0 Å². The number of H-pyrrole nitrogens is 1. The summed E-state index contributed by atoms with van der Waals surface area (Å²) < 4.78 is 10.1. The molecule has 0 aliphatic heterocycles. The Hall–Kier alpha value is -3.25. The number of hydrogen-bond donors (Lipinski definition) is 1. The van der Waals surface area contributed by atoms with Crippen LogP contribution in [0.3, 0.4) is 0 Å². The lowest BCUT2D eigenvalue weighted by molar-refractivity contribution is 0.0593. The Labute approximate surface area is 166 Å². The second kappa shape index (κ2) is 7.78. The van der Waals surface area contributed by atoms with Gasteiger partial charge in [-0.05, 0) is 29.8 Å². The van der Waals surface area contributed by atoms with Crippen molar-refractivity contribution >= 4 is 28.6 Å². The number of carbonyl (C=O) groups excluding carboxylic acids is 1. The van der Waals surface area contributed by atoms with Gasteiger partial charge in [0.05, 0.1) is 25.4 Å². The SMILES string of the molecule is COC(=O)c1cccc(Sc2c(-c3ccccc3)[nH]c3cc(OC)ccc23)n1. The number of methoxy groups -OCH3 is 2. The van der Waals surface area contributed by atoms with Crippen molar-refractivity contribution in [2.75, 3.05) is 14.2 Å². The number of ether oxygens (including phenoxy) is 2. The van der Waals surface area contributed by atoms with Gasteiger partial charge >= 0.3 is 5.97 Å². The molecule has 2 aromatic heterocycles. The summed E-state index contributed by atoms with van der Waals surface area (Å²) in [7, 11) is 3.00. The first-order chi connectivity index (χ1) is 13.7. The van der Waals surface area contributed by atoms with Gasteiger partial charge in [0.1, 0.15) is 16.5 Å². The van der Waals surface area contributed by atoms with Gasteiger partial charge in [0.25, 0.3) is 0 Å². The summed E-state index contributed by atoms with van der Waals surface area (Å²) in [5.74, 6) is 0.338. The molecule has 28 heavy (non-hydrogen) atoms. The minimum Gasteiger partial charge on any atom is -0.497 e. The molecule has 4 aromatic rings. The van der Waals surface area contributed by atoms with Crippen LogP contribution in [0.25, 0.3) is 22.2 Å². The normalized spacial score (nSPS) is 10.8. The summed E-state index contributed by atoms with van der Waals surface area (Å²) in [5, 5.41) is 1.78. The predicted molar refractivity (Wildman–Crippen MR) is 110 cm³/mol. The third-order valence-corrected chi connectivity index (χ3v) is 5.41. The Morgan fingerprint density at radius 3 is 2.57 bits per heavy atom. The molecule has 0 unspecified atom stereocenters. The van der Waals surface area contributed by atoms with E-state index in [9.17, 15) is 4.79 Å². The van der Waals surface area contributed by atoms with Crippen molar-refractivity contribution < 1.29 is 14.3 Å². The monoisotopic (exact) mass is 390 g/mol. The Kier molecular flexibility index (Phi) is 5.04. The van der Waals surface area contributed by atoms with E-state index in [2.05, 4.69) is 22.1 Å². The quantitative estimate of drug-likeness (QED) is 0.476.